The predicted octanol–water partition coefficient (Wildman–Crippen LogP) is 5.01. The summed E-state index contributed by atoms with van der Waals surface area (Å²) >= 11 is 1.73. The number of fused-ring (bicyclic) bond motifs is 1. The van der Waals surface area contributed by atoms with Crippen LogP contribution in [-0.4, -0.2) is 42.6 Å². The van der Waals surface area contributed by atoms with Gasteiger partial charge in [-0.2, -0.15) is 19.0 Å². The van der Waals surface area contributed by atoms with Gasteiger partial charge in [0.1, 0.15) is 11.3 Å². The Kier molecular flexibility index (Phi) is 5.95. The fourth-order valence-corrected chi connectivity index (χ4v) is 5.22. The van der Waals surface area contributed by atoms with Gasteiger partial charge in [-0.15, -0.1) is 11.8 Å². The zero-order chi connectivity index (χ0) is 22.8. The van der Waals surface area contributed by atoms with Crippen molar-refractivity contribution in [2.24, 2.45) is 0 Å². The maximum absolute atomic E-state index is 13.1. The molecule has 0 saturated heterocycles. The molecule has 11 heteroatoms. The van der Waals surface area contributed by atoms with Crippen LogP contribution in [0.3, 0.4) is 0 Å². The molecule has 1 aromatic carbocycles. The fraction of sp³-hybridized carbons (Fsp3) is 0.273. The van der Waals surface area contributed by atoms with Gasteiger partial charge in [0.15, 0.2) is 5.65 Å². The van der Waals surface area contributed by atoms with E-state index in [0.717, 1.165) is 17.7 Å². The first-order valence-electron chi connectivity index (χ1n) is 10.5. The molecule has 170 valence electrons. The molecule has 8 nitrogen and oxygen atoms in total. The lowest BCUT2D eigenvalue weighted by Crippen LogP contribution is -2.12. The summed E-state index contributed by atoms with van der Waals surface area (Å²) in [5, 5.41) is 14.2. The molecule has 2 N–H and O–H groups in total. The Hall–Kier alpha value is -3.47. The van der Waals surface area contributed by atoms with E-state index in [4.69, 9.17) is 4.74 Å². The van der Waals surface area contributed by atoms with E-state index in [1.165, 1.54) is 35.8 Å². The summed E-state index contributed by atoms with van der Waals surface area (Å²) in [6.45, 7) is -2.98. The van der Waals surface area contributed by atoms with E-state index in [0.29, 0.717) is 27.8 Å². The molecule has 1 fully saturated rings. The Balaban J connectivity index is 1.46. The van der Waals surface area contributed by atoms with Crippen LogP contribution in [-0.2, 0) is 0 Å². The van der Waals surface area contributed by atoms with Gasteiger partial charge in [0.05, 0.1) is 23.8 Å². The second-order valence-electron chi connectivity index (χ2n) is 7.62. The number of aromatic nitrogens is 5. The molecule has 0 radical (unpaired) electrons. The Bertz CT molecular complexity index is 1280. The van der Waals surface area contributed by atoms with Crippen molar-refractivity contribution in [3.63, 3.8) is 0 Å². The molecule has 5 rings (SSSR count). The molecule has 3 aromatic heterocycles. The average molecular weight is 471 g/mol. The van der Waals surface area contributed by atoms with E-state index >= 15 is 0 Å². The Morgan fingerprint density at radius 3 is 2.94 bits per heavy atom. The summed E-state index contributed by atoms with van der Waals surface area (Å²) in [6.07, 6.45) is 10.8. The first kappa shape index (κ1) is 21.4. The highest BCUT2D eigenvalue weighted by Gasteiger charge is 2.22. The molecule has 0 bridgehead atoms. The second kappa shape index (κ2) is 9.18. The molecular weight excluding hydrogens is 450 g/mol. The zero-order valence-electron chi connectivity index (χ0n) is 17.4. The van der Waals surface area contributed by atoms with Crippen molar-refractivity contribution in [2.45, 2.75) is 42.4 Å². The molecule has 1 saturated carbocycles. The van der Waals surface area contributed by atoms with Crippen LogP contribution < -0.4 is 10.1 Å². The van der Waals surface area contributed by atoms with Gasteiger partial charge in [-0.25, -0.2) is 9.50 Å². The van der Waals surface area contributed by atoms with Crippen LogP contribution in [0, 0.1) is 0 Å². The van der Waals surface area contributed by atoms with Crippen molar-refractivity contribution in [3.05, 3.63) is 54.6 Å². The van der Waals surface area contributed by atoms with E-state index in [1.807, 2.05) is 0 Å². The second-order valence-corrected chi connectivity index (χ2v) is 8.99. The van der Waals surface area contributed by atoms with Crippen LogP contribution in [0.2, 0.25) is 0 Å². The van der Waals surface area contributed by atoms with Crippen molar-refractivity contribution in [2.75, 3.05) is 5.32 Å². The number of alkyl halides is 2. The SMILES string of the molecule is O=C(Nc1cn[nH]c1-c1cc(SC2CCCC2)ccc1OC(F)F)c1cnn2cccnc12. The lowest BCUT2D eigenvalue weighted by molar-refractivity contribution is -0.0494. The Morgan fingerprint density at radius 1 is 1.27 bits per heavy atom. The van der Waals surface area contributed by atoms with Gasteiger partial charge in [-0.1, -0.05) is 12.8 Å². The minimum absolute atomic E-state index is 0.00169. The Labute approximate surface area is 191 Å². The van der Waals surface area contributed by atoms with Crippen molar-refractivity contribution < 1.29 is 18.3 Å². The summed E-state index contributed by atoms with van der Waals surface area (Å²) in [5.74, 6) is -0.447. The van der Waals surface area contributed by atoms with Gasteiger partial charge in [-0.05, 0) is 37.1 Å². The van der Waals surface area contributed by atoms with Gasteiger partial charge in [0.2, 0.25) is 0 Å². The van der Waals surface area contributed by atoms with Crippen LogP contribution in [0.1, 0.15) is 36.0 Å². The zero-order valence-corrected chi connectivity index (χ0v) is 18.2. The van der Waals surface area contributed by atoms with Crippen molar-refractivity contribution >= 4 is 29.0 Å². The van der Waals surface area contributed by atoms with Crippen molar-refractivity contribution in [1.29, 1.82) is 0 Å². The molecule has 1 aliphatic carbocycles. The van der Waals surface area contributed by atoms with Gasteiger partial charge >= 0.3 is 6.61 Å². The smallest absolute Gasteiger partial charge is 0.387 e. The average Bonchev–Trinajstić information content (AvgIpc) is 3.55. The molecule has 0 aliphatic heterocycles. The van der Waals surface area contributed by atoms with E-state index < -0.39 is 12.5 Å². The fourth-order valence-electron chi connectivity index (χ4n) is 3.94. The molecule has 1 amide bonds. The number of halogens is 2. The maximum atomic E-state index is 13.1. The van der Waals surface area contributed by atoms with Crippen LogP contribution in [0.5, 0.6) is 5.75 Å². The van der Waals surface area contributed by atoms with Crippen LogP contribution in [0.25, 0.3) is 16.9 Å². The number of ether oxygens (including phenoxy) is 1. The van der Waals surface area contributed by atoms with E-state index in [9.17, 15) is 13.6 Å². The number of nitrogens with zero attached hydrogens (tertiary/aromatic N) is 4. The first-order chi connectivity index (χ1) is 16.1. The van der Waals surface area contributed by atoms with Gasteiger partial charge in [0.25, 0.3) is 5.91 Å². The molecule has 4 aromatic rings. The monoisotopic (exact) mass is 470 g/mol. The maximum Gasteiger partial charge on any atom is 0.387 e. The van der Waals surface area contributed by atoms with Crippen molar-refractivity contribution in [3.8, 4) is 17.0 Å². The number of hydrogen-bond acceptors (Lipinski definition) is 6. The summed E-state index contributed by atoms with van der Waals surface area (Å²) in [7, 11) is 0. The number of carbonyl (C=O) groups is 1. The highest BCUT2D eigenvalue weighted by molar-refractivity contribution is 8.00. The standard InChI is InChI=1S/C22H20F2N6O2S/c23-22(24)32-18-7-6-14(33-13-4-1-2-5-13)10-15(18)19-17(12-26-29-19)28-21(31)16-11-27-30-9-3-8-25-20(16)30/h3,6-13,22H,1-2,4-5H2,(H,26,29)(H,28,31). The van der Waals surface area contributed by atoms with Crippen LogP contribution in [0.15, 0.2) is 53.9 Å². The normalized spacial score (nSPS) is 14.3. The molecule has 0 unspecified atom stereocenters. The quantitative estimate of drug-likeness (QED) is 0.394. The highest BCUT2D eigenvalue weighted by atomic mass is 32.2. The number of rotatable bonds is 7. The van der Waals surface area contributed by atoms with Crippen LogP contribution in [0.4, 0.5) is 14.5 Å². The largest absolute Gasteiger partial charge is 0.434 e. The molecule has 3 heterocycles. The molecule has 1 aliphatic rings. The van der Waals surface area contributed by atoms with Crippen molar-refractivity contribution in [1.82, 2.24) is 24.8 Å². The number of H-pyrrole nitrogens is 1. The third-order valence-corrected chi connectivity index (χ3v) is 6.78. The minimum atomic E-state index is -2.98. The number of amides is 1. The van der Waals surface area contributed by atoms with Gasteiger partial charge in [-0.3, -0.25) is 9.89 Å². The van der Waals surface area contributed by atoms with E-state index in [2.05, 4.69) is 25.6 Å². The van der Waals surface area contributed by atoms with Crippen LogP contribution >= 0.6 is 11.8 Å². The number of anilines is 1. The molecule has 0 atom stereocenters. The molecule has 0 spiro atoms. The van der Waals surface area contributed by atoms with E-state index in [-0.39, 0.29) is 11.3 Å². The topological polar surface area (TPSA) is 97.2 Å². The Morgan fingerprint density at radius 2 is 2.12 bits per heavy atom. The number of carbonyl (C=O) groups excluding carboxylic acids is 1. The summed E-state index contributed by atoms with van der Waals surface area (Å²) in [4.78, 5) is 18.1. The number of thioether (sulfide) groups is 1. The summed E-state index contributed by atoms with van der Waals surface area (Å²) < 4.78 is 32.4. The molecular formula is C22H20F2N6O2S. The lowest BCUT2D eigenvalue weighted by atomic mass is 10.1. The number of hydrogen-bond donors (Lipinski definition) is 2. The highest BCUT2D eigenvalue weighted by Crippen LogP contribution is 2.40. The third kappa shape index (κ3) is 4.54. The lowest BCUT2D eigenvalue weighted by Gasteiger charge is -2.15. The third-order valence-electron chi connectivity index (χ3n) is 5.45. The number of nitrogens with one attached hydrogen (secondary N) is 2. The number of benzene rings is 1. The first-order valence-corrected chi connectivity index (χ1v) is 11.4. The summed E-state index contributed by atoms with van der Waals surface area (Å²) in [5.41, 5.74) is 1.77. The number of aromatic amines is 1. The van der Waals surface area contributed by atoms with Gasteiger partial charge < -0.3 is 10.1 Å². The van der Waals surface area contributed by atoms with Gasteiger partial charge in [0, 0.05) is 28.1 Å². The van der Waals surface area contributed by atoms with E-state index in [1.54, 1.807) is 42.4 Å². The molecule has 33 heavy (non-hydrogen) atoms. The summed E-state index contributed by atoms with van der Waals surface area (Å²) in [6, 6.07) is 6.81. The minimum Gasteiger partial charge on any atom is -0.434 e. The predicted molar refractivity (Wildman–Crippen MR) is 120 cm³/mol.